The SMILES string of the molecule is O=C(O)CCC(=O)N(C1CC1)C1c2ccccc2N(C(=O)CCc2ccccc2)C2CCCC21. The molecular formula is C28H32N2O4. The quantitative estimate of drug-likeness (QED) is 0.618. The van der Waals surface area contributed by atoms with E-state index >= 15 is 0 Å². The largest absolute Gasteiger partial charge is 0.481 e. The summed E-state index contributed by atoms with van der Waals surface area (Å²) in [4.78, 5) is 42.0. The van der Waals surface area contributed by atoms with Crippen molar-refractivity contribution in [2.24, 2.45) is 5.92 Å². The molecule has 3 atom stereocenters. The van der Waals surface area contributed by atoms with Gasteiger partial charge < -0.3 is 14.9 Å². The average Bonchev–Trinajstić information content (AvgIpc) is 3.57. The lowest BCUT2D eigenvalue weighted by molar-refractivity contribution is -0.143. The first kappa shape index (κ1) is 22.6. The topological polar surface area (TPSA) is 77.9 Å². The second-order valence-electron chi connectivity index (χ2n) is 9.84. The molecule has 6 heteroatoms. The molecule has 6 nitrogen and oxygen atoms in total. The Morgan fingerprint density at radius 1 is 0.882 bits per heavy atom. The molecule has 2 amide bonds. The molecule has 1 N–H and O–H groups in total. The van der Waals surface area contributed by atoms with Gasteiger partial charge >= 0.3 is 5.97 Å². The van der Waals surface area contributed by atoms with Crippen LogP contribution in [0.25, 0.3) is 0 Å². The number of hydrogen-bond acceptors (Lipinski definition) is 3. The number of fused-ring (bicyclic) bond motifs is 2. The Kier molecular flexibility index (Phi) is 6.40. The van der Waals surface area contributed by atoms with Crippen LogP contribution < -0.4 is 4.90 Å². The third-order valence-electron chi connectivity index (χ3n) is 7.60. The van der Waals surface area contributed by atoms with E-state index in [9.17, 15) is 14.4 Å². The number of para-hydroxylation sites is 1. The van der Waals surface area contributed by atoms with Crippen LogP contribution in [0.3, 0.4) is 0 Å². The number of carbonyl (C=O) groups is 3. The Bertz CT molecular complexity index is 1070. The molecule has 3 unspecified atom stereocenters. The van der Waals surface area contributed by atoms with Gasteiger partial charge in [-0.1, -0.05) is 55.0 Å². The Morgan fingerprint density at radius 3 is 2.35 bits per heavy atom. The highest BCUT2D eigenvalue weighted by molar-refractivity contribution is 5.96. The molecule has 178 valence electrons. The van der Waals surface area contributed by atoms with Gasteiger partial charge in [-0.2, -0.15) is 0 Å². The molecule has 0 saturated heterocycles. The highest BCUT2D eigenvalue weighted by atomic mass is 16.4. The van der Waals surface area contributed by atoms with Gasteiger partial charge in [0.25, 0.3) is 0 Å². The highest BCUT2D eigenvalue weighted by Gasteiger charge is 2.51. The zero-order valence-electron chi connectivity index (χ0n) is 19.4. The molecule has 5 rings (SSSR count). The summed E-state index contributed by atoms with van der Waals surface area (Å²) in [5, 5.41) is 9.13. The predicted molar refractivity (Wildman–Crippen MR) is 129 cm³/mol. The number of aryl methyl sites for hydroxylation is 1. The van der Waals surface area contributed by atoms with Crippen molar-refractivity contribution in [1.29, 1.82) is 0 Å². The lowest BCUT2D eigenvalue weighted by Gasteiger charge is -2.48. The molecule has 2 fully saturated rings. The molecule has 1 aliphatic heterocycles. The highest BCUT2D eigenvalue weighted by Crippen LogP contribution is 2.52. The summed E-state index contributed by atoms with van der Waals surface area (Å²) in [6.45, 7) is 0. The first-order valence-corrected chi connectivity index (χ1v) is 12.5. The van der Waals surface area contributed by atoms with Gasteiger partial charge in [0.05, 0.1) is 12.5 Å². The van der Waals surface area contributed by atoms with Gasteiger partial charge in [0.1, 0.15) is 0 Å². The number of carbonyl (C=O) groups excluding carboxylic acids is 2. The normalized spacial score (nSPS) is 23.2. The average molecular weight is 461 g/mol. The molecule has 3 aliphatic rings. The Morgan fingerprint density at radius 2 is 1.62 bits per heavy atom. The molecule has 2 aromatic rings. The standard InChI is InChI=1S/C28H32N2O4/c31-25(17-18-27(33)34)29(20-14-15-20)28-21-9-4-5-11-23(21)30(24-12-6-10-22(24)28)26(32)16-13-19-7-2-1-3-8-19/h1-5,7-9,11,20,22,24,28H,6,10,12-18H2,(H,33,34). The number of aliphatic carboxylic acids is 1. The number of anilines is 1. The Balaban J connectivity index is 1.46. The first-order valence-electron chi connectivity index (χ1n) is 12.5. The van der Waals surface area contributed by atoms with E-state index in [4.69, 9.17) is 5.11 Å². The van der Waals surface area contributed by atoms with Gasteiger partial charge in [-0.3, -0.25) is 14.4 Å². The molecule has 2 saturated carbocycles. The minimum atomic E-state index is -0.943. The summed E-state index contributed by atoms with van der Waals surface area (Å²) in [6, 6.07) is 18.3. The van der Waals surface area contributed by atoms with Crippen LogP contribution in [-0.4, -0.2) is 39.9 Å². The van der Waals surface area contributed by atoms with Crippen molar-refractivity contribution >= 4 is 23.5 Å². The van der Waals surface area contributed by atoms with Crippen LogP contribution in [0.15, 0.2) is 54.6 Å². The lowest BCUT2D eigenvalue weighted by atomic mass is 9.81. The summed E-state index contributed by atoms with van der Waals surface area (Å²) in [5.74, 6) is -0.687. The number of amides is 2. The molecule has 0 aromatic heterocycles. The number of carboxylic acids is 1. The number of hydrogen-bond donors (Lipinski definition) is 1. The molecule has 34 heavy (non-hydrogen) atoms. The Labute approximate surface area is 200 Å². The number of rotatable bonds is 8. The third kappa shape index (κ3) is 4.46. The van der Waals surface area contributed by atoms with Crippen molar-refractivity contribution < 1.29 is 19.5 Å². The van der Waals surface area contributed by atoms with E-state index in [-0.39, 0.29) is 48.7 Å². The summed E-state index contributed by atoms with van der Waals surface area (Å²) in [7, 11) is 0. The fourth-order valence-corrected chi connectivity index (χ4v) is 6.00. The summed E-state index contributed by atoms with van der Waals surface area (Å²) in [6.07, 6.45) is 5.93. The smallest absolute Gasteiger partial charge is 0.303 e. The van der Waals surface area contributed by atoms with Crippen LogP contribution in [0.1, 0.15) is 68.5 Å². The summed E-state index contributed by atoms with van der Waals surface area (Å²) < 4.78 is 0. The van der Waals surface area contributed by atoms with Crippen LogP contribution in [0.4, 0.5) is 5.69 Å². The monoisotopic (exact) mass is 460 g/mol. The second kappa shape index (κ2) is 9.61. The van der Waals surface area contributed by atoms with E-state index in [1.54, 1.807) is 0 Å². The van der Waals surface area contributed by atoms with E-state index in [2.05, 4.69) is 18.2 Å². The van der Waals surface area contributed by atoms with Gasteiger partial charge in [0.2, 0.25) is 11.8 Å². The Hall–Kier alpha value is -3.15. The zero-order valence-corrected chi connectivity index (χ0v) is 19.4. The van der Waals surface area contributed by atoms with Gasteiger partial charge in [-0.25, -0.2) is 0 Å². The van der Waals surface area contributed by atoms with Crippen LogP contribution in [0.5, 0.6) is 0 Å². The maximum absolute atomic E-state index is 13.6. The maximum Gasteiger partial charge on any atom is 0.303 e. The molecule has 1 heterocycles. The first-order chi connectivity index (χ1) is 16.5. The van der Waals surface area contributed by atoms with E-state index < -0.39 is 5.97 Å². The molecule has 2 aromatic carbocycles. The molecule has 2 aliphatic carbocycles. The van der Waals surface area contributed by atoms with Crippen molar-refractivity contribution in [3.8, 4) is 0 Å². The van der Waals surface area contributed by atoms with Crippen molar-refractivity contribution in [3.05, 3.63) is 65.7 Å². The fourth-order valence-electron chi connectivity index (χ4n) is 6.00. The van der Waals surface area contributed by atoms with E-state index in [0.29, 0.717) is 12.8 Å². The minimum Gasteiger partial charge on any atom is -0.481 e. The fraction of sp³-hybridized carbons (Fsp3) is 0.464. The summed E-state index contributed by atoms with van der Waals surface area (Å²) in [5.41, 5.74) is 3.12. The molecule has 0 spiro atoms. The van der Waals surface area contributed by atoms with Crippen molar-refractivity contribution in [2.45, 2.75) is 75.9 Å². The van der Waals surface area contributed by atoms with Gasteiger partial charge in [0, 0.05) is 36.5 Å². The van der Waals surface area contributed by atoms with E-state index in [0.717, 1.165) is 48.9 Å². The molecule has 0 bridgehead atoms. The summed E-state index contributed by atoms with van der Waals surface area (Å²) >= 11 is 0. The van der Waals surface area contributed by atoms with Crippen molar-refractivity contribution in [1.82, 2.24) is 4.90 Å². The van der Waals surface area contributed by atoms with Crippen LogP contribution >= 0.6 is 0 Å². The van der Waals surface area contributed by atoms with Gasteiger partial charge in [0.15, 0.2) is 0 Å². The number of carboxylic acid groups (broad SMARTS) is 1. The lowest BCUT2D eigenvalue weighted by Crippen LogP contribution is -2.53. The number of nitrogens with zero attached hydrogens (tertiary/aromatic N) is 2. The van der Waals surface area contributed by atoms with Gasteiger partial charge in [-0.15, -0.1) is 0 Å². The van der Waals surface area contributed by atoms with E-state index in [1.807, 2.05) is 46.2 Å². The third-order valence-corrected chi connectivity index (χ3v) is 7.60. The van der Waals surface area contributed by atoms with Crippen LogP contribution in [0, 0.1) is 5.92 Å². The van der Waals surface area contributed by atoms with Crippen molar-refractivity contribution in [2.75, 3.05) is 4.90 Å². The molecule has 0 radical (unpaired) electrons. The predicted octanol–water partition coefficient (Wildman–Crippen LogP) is 4.73. The molecular weight excluding hydrogens is 428 g/mol. The number of benzene rings is 2. The second-order valence-corrected chi connectivity index (χ2v) is 9.84. The van der Waals surface area contributed by atoms with Crippen molar-refractivity contribution in [3.63, 3.8) is 0 Å². The zero-order chi connectivity index (χ0) is 23.7. The van der Waals surface area contributed by atoms with Crippen LogP contribution in [-0.2, 0) is 20.8 Å². The van der Waals surface area contributed by atoms with E-state index in [1.165, 1.54) is 0 Å². The van der Waals surface area contributed by atoms with Gasteiger partial charge in [-0.05, 0) is 49.3 Å². The maximum atomic E-state index is 13.6. The van der Waals surface area contributed by atoms with Crippen LogP contribution in [0.2, 0.25) is 0 Å². The minimum absolute atomic E-state index is 0.0294.